The van der Waals surface area contributed by atoms with Gasteiger partial charge in [0.1, 0.15) is 5.56 Å². The van der Waals surface area contributed by atoms with Crippen LogP contribution < -0.4 is 5.56 Å². The molecular formula is C15H15N3O4. The number of benzene rings is 1. The Hall–Kier alpha value is -2.96. The van der Waals surface area contributed by atoms with Gasteiger partial charge in [0.25, 0.3) is 17.2 Å². The van der Waals surface area contributed by atoms with Gasteiger partial charge in [0.05, 0.1) is 11.5 Å². The molecule has 114 valence electrons. The molecule has 0 bridgehead atoms. The summed E-state index contributed by atoms with van der Waals surface area (Å²) in [5.41, 5.74) is -0.0813. The van der Waals surface area contributed by atoms with Gasteiger partial charge in [0.15, 0.2) is 0 Å². The number of hydrogen-bond donors (Lipinski definition) is 1. The average Bonchev–Trinajstić information content (AvgIpc) is 2.52. The molecular weight excluding hydrogens is 286 g/mol. The maximum Gasteiger partial charge on any atom is 0.274 e. The van der Waals surface area contributed by atoms with Crippen molar-refractivity contribution in [1.82, 2.24) is 9.88 Å². The summed E-state index contributed by atoms with van der Waals surface area (Å²) < 4.78 is 0. The molecule has 0 spiro atoms. The summed E-state index contributed by atoms with van der Waals surface area (Å²) in [4.78, 5) is 38.5. The third-order valence-electron chi connectivity index (χ3n) is 3.27. The lowest BCUT2D eigenvalue weighted by atomic mass is 10.1. The van der Waals surface area contributed by atoms with Crippen molar-refractivity contribution in [2.45, 2.75) is 13.5 Å². The number of nitro benzene ring substituents is 1. The van der Waals surface area contributed by atoms with E-state index >= 15 is 0 Å². The van der Waals surface area contributed by atoms with Crippen molar-refractivity contribution >= 4 is 11.6 Å². The lowest BCUT2D eigenvalue weighted by Gasteiger charge is -2.20. The van der Waals surface area contributed by atoms with Crippen molar-refractivity contribution in [3.8, 4) is 0 Å². The SMILES string of the molecule is CCN(Cc1ccccc1[N+](=O)[O-])C(=O)c1ccc[nH]c1=O. The fourth-order valence-corrected chi connectivity index (χ4v) is 2.12. The van der Waals surface area contributed by atoms with Crippen LogP contribution in [0.3, 0.4) is 0 Å². The number of aromatic nitrogens is 1. The number of amides is 1. The van der Waals surface area contributed by atoms with Crippen molar-refractivity contribution in [3.63, 3.8) is 0 Å². The fraction of sp³-hybridized carbons (Fsp3) is 0.200. The van der Waals surface area contributed by atoms with E-state index in [0.29, 0.717) is 12.1 Å². The summed E-state index contributed by atoms with van der Waals surface area (Å²) in [6.45, 7) is 2.16. The number of para-hydroxylation sites is 1. The van der Waals surface area contributed by atoms with E-state index < -0.39 is 16.4 Å². The zero-order valence-electron chi connectivity index (χ0n) is 12.0. The monoisotopic (exact) mass is 301 g/mol. The van der Waals surface area contributed by atoms with Gasteiger partial charge in [-0.3, -0.25) is 19.7 Å². The normalized spacial score (nSPS) is 10.2. The zero-order valence-corrected chi connectivity index (χ0v) is 12.0. The first-order valence-corrected chi connectivity index (χ1v) is 6.74. The van der Waals surface area contributed by atoms with Crippen molar-refractivity contribution in [3.05, 3.63) is 74.2 Å². The predicted octanol–water partition coefficient (Wildman–Crippen LogP) is 1.95. The molecule has 7 nitrogen and oxygen atoms in total. The van der Waals surface area contributed by atoms with Crippen LogP contribution in [-0.4, -0.2) is 27.3 Å². The highest BCUT2D eigenvalue weighted by atomic mass is 16.6. The van der Waals surface area contributed by atoms with Crippen LogP contribution in [0.4, 0.5) is 5.69 Å². The molecule has 0 saturated carbocycles. The maximum atomic E-state index is 12.4. The Labute approximate surface area is 126 Å². The van der Waals surface area contributed by atoms with E-state index in [2.05, 4.69) is 4.98 Å². The summed E-state index contributed by atoms with van der Waals surface area (Å²) >= 11 is 0. The Morgan fingerprint density at radius 1 is 1.27 bits per heavy atom. The highest BCUT2D eigenvalue weighted by Crippen LogP contribution is 2.20. The maximum absolute atomic E-state index is 12.4. The van der Waals surface area contributed by atoms with Gasteiger partial charge in [-0.05, 0) is 19.1 Å². The molecule has 0 atom stereocenters. The number of nitrogens with one attached hydrogen (secondary N) is 1. The van der Waals surface area contributed by atoms with Crippen LogP contribution >= 0.6 is 0 Å². The van der Waals surface area contributed by atoms with Crippen LogP contribution in [0.1, 0.15) is 22.8 Å². The van der Waals surface area contributed by atoms with Crippen molar-refractivity contribution < 1.29 is 9.72 Å². The lowest BCUT2D eigenvalue weighted by Crippen LogP contribution is -2.34. The van der Waals surface area contributed by atoms with Gasteiger partial charge in [0, 0.05) is 24.4 Å². The molecule has 0 unspecified atom stereocenters. The molecule has 1 heterocycles. The molecule has 0 aliphatic heterocycles. The summed E-state index contributed by atoms with van der Waals surface area (Å²) in [7, 11) is 0. The van der Waals surface area contributed by atoms with Gasteiger partial charge >= 0.3 is 0 Å². The van der Waals surface area contributed by atoms with Gasteiger partial charge in [-0.2, -0.15) is 0 Å². The van der Waals surface area contributed by atoms with Gasteiger partial charge < -0.3 is 9.88 Å². The summed E-state index contributed by atoms with van der Waals surface area (Å²) in [5, 5.41) is 11.0. The van der Waals surface area contributed by atoms with E-state index in [0.717, 1.165) is 0 Å². The minimum absolute atomic E-state index is 0.0166. The number of rotatable bonds is 5. The van der Waals surface area contributed by atoms with Gasteiger partial charge in [-0.15, -0.1) is 0 Å². The second-order valence-electron chi connectivity index (χ2n) is 4.62. The first kappa shape index (κ1) is 15.4. The predicted molar refractivity (Wildman–Crippen MR) is 80.6 cm³/mol. The molecule has 0 aliphatic rings. The fourth-order valence-electron chi connectivity index (χ4n) is 2.12. The van der Waals surface area contributed by atoms with Crippen LogP contribution in [0.25, 0.3) is 0 Å². The molecule has 0 fully saturated rings. The van der Waals surface area contributed by atoms with Crippen molar-refractivity contribution in [2.75, 3.05) is 6.54 Å². The molecule has 1 aromatic heterocycles. The molecule has 1 amide bonds. The second kappa shape index (κ2) is 6.66. The first-order valence-electron chi connectivity index (χ1n) is 6.74. The van der Waals surface area contributed by atoms with E-state index in [1.807, 2.05) is 0 Å². The summed E-state index contributed by atoms with van der Waals surface area (Å²) in [6.07, 6.45) is 1.44. The van der Waals surface area contributed by atoms with Crippen molar-refractivity contribution in [1.29, 1.82) is 0 Å². The first-order chi connectivity index (χ1) is 10.5. The molecule has 2 rings (SSSR count). The van der Waals surface area contributed by atoms with Crippen LogP contribution in [0.2, 0.25) is 0 Å². The number of nitrogens with zero attached hydrogens (tertiary/aromatic N) is 2. The standard InChI is InChI=1S/C15H15N3O4/c1-2-17(15(20)12-7-5-9-16-14(12)19)10-11-6-3-4-8-13(11)18(21)22/h3-9H,2,10H2,1H3,(H,16,19). The smallest absolute Gasteiger partial charge is 0.274 e. The summed E-state index contributed by atoms with van der Waals surface area (Å²) in [5.74, 6) is -0.456. The molecule has 2 aromatic rings. The van der Waals surface area contributed by atoms with E-state index in [9.17, 15) is 19.7 Å². The Balaban J connectivity index is 2.31. The van der Waals surface area contributed by atoms with Crippen molar-refractivity contribution in [2.24, 2.45) is 0 Å². The minimum Gasteiger partial charge on any atom is -0.334 e. The van der Waals surface area contributed by atoms with Gasteiger partial charge in [0.2, 0.25) is 0 Å². The molecule has 7 heteroatoms. The third-order valence-corrected chi connectivity index (χ3v) is 3.27. The number of carbonyl (C=O) groups is 1. The third kappa shape index (κ3) is 3.20. The van der Waals surface area contributed by atoms with E-state index in [1.165, 1.54) is 23.2 Å². The Bertz CT molecular complexity index is 754. The van der Waals surface area contributed by atoms with Crippen LogP contribution in [0.5, 0.6) is 0 Å². The Morgan fingerprint density at radius 3 is 2.64 bits per heavy atom. The second-order valence-corrected chi connectivity index (χ2v) is 4.62. The zero-order chi connectivity index (χ0) is 16.1. The molecule has 1 N–H and O–H groups in total. The summed E-state index contributed by atoms with van der Waals surface area (Å²) in [6, 6.07) is 9.24. The van der Waals surface area contributed by atoms with Gasteiger partial charge in [-0.25, -0.2) is 0 Å². The van der Waals surface area contributed by atoms with E-state index in [4.69, 9.17) is 0 Å². The highest BCUT2D eigenvalue weighted by Gasteiger charge is 2.21. The number of aromatic amines is 1. The van der Waals surface area contributed by atoms with E-state index in [-0.39, 0.29) is 17.8 Å². The van der Waals surface area contributed by atoms with Gasteiger partial charge in [-0.1, -0.05) is 18.2 Å². The average molecular weight is 301 g/mol. The number of pyridine rings is 1. The quantitative estimate of drug-likeness (QED) is 0.674. The molecule has 1 aromatic carbocycles. The largest absolute Gasteiger partial charge is 0.334 e. The minimum atomic E-state index is -0.483. The lowest BCUT2D eigenvalue weighted by molar-refractivity contribution is -0.385. The number of hydrogen-bond acceptors (Lipinski definition) is 4. The Kier molecular flexibility index (Phi) is 4.67. The number of H-pyrrole nitrogens is 1. The molecule has 0 aliphatic carbocycles. The topological polar surface area (TPSA) is 96.3 Å². The molecule has 0 saturated heterocycles. The van der Waals surface area contributed by atoms with Crippen LogP contribution in [0.15, 0.2) is 47.4 Å². The number of nitro groups is 1. The highest BCUT2D eigenvalue weighted by molar-refractivity contribution is 5.93. The molecule has 0 radical (unpaired) electrons. The van der Waals surface area contributed by atoms with E-state index in [1.54, 1.807) is 31.2 Å². The number of carbonyl (C=O) groups excluding carboxylic acids is 1. The van der Waals surface area contributed by atoms with Crippen LogP contribution in [-0.2, 0) is 6.54 Å². The Morgan fingerprint density at radius 2 is 2.00 bits per heavy atom. The molecule has 22 heavy (non-hydrogen) atoms. The van der Waals surface area contributed by atoms with Crippen LogP contribution in [0, 0.1) is 10.1 Å².